The fourth-order valence-corrected chi connectivity index (χ4v) is 3.74. The zero-order chi connectivity index (χ0) is 15.0. The molecule has 0 aliphatic heterocycles. The summed E-state index contributed by atoms with van der Waals surface area (Å²) in [6.07, 6.45) is 0. The van der Waals surface area contributed by atoms with Crippen LogP contribution in [0.4, 0.5) is 0 Å². The number of fused-ring (bicyclic) bond motifs is 1. The number of thiophene rings is 2. The van der Waals surface area contributed by atoms with Crippen molar-refractivity contribution in [2.24, 2.45) is 0 Å². The van der Waals surface area contributed by atoms with Crippen molar-refractivity contribution in [3.05, 3.63) is 57.1 Å². The van der Waals surface area contributed by atoms with Crippen LogP contribution in [0.3, 0.4) is 0 Å². The van der Waals surface area contributed by atoms with Crippen LogP contribution in [0.25, 0.3) is 10.1 Å². The van der Waals surface area contributed by atoms with Gasteiger partial charge in [0.05, 0.1) is 5.92 Å². The Bertz CT molecular complexity index is 815. The molecule has 106 valence electrons. The average molecular weight is 316 g/mol. The van der Waals surface area contributed by atoms with Crippen molar-refractivity contribution in [3.8, 4) is 0 Å². The number of benzene rings is 1. The number of hydrogen-bond acceptors (Lipinski definition) is 4. The Kier molecular flexibility index (Phi) is 3.61. The first-order valence-corrected chi connectivity index (χ1v) is 8.21. The lowest BCUT2D eigenvalue weighted by Crippen LogP contribution is -2.09. The topological polar surface area (TPSA) is 54.4 Å². The van der Waals surface area contributed by atoms with Gasteiger partial charge >= 0.3 is 5.97 Å². The average Bonchev–Trinajstić information content (AvgIpc) is 3.15. The van der Waals surface area contributed by atoms with Gasteiger partial charge in [0, 0.05) is 21.2 Å². The highest BCUT2D eigenvalue weighted by Gasteiger charge is 2.20. The fourth-order valence-electron chi connectivity index (χ4n) is 2.22. The SMILES string of the molecule is CC(C(=O)O)c1cc(C(=O)c2ccsc2)c2sccc2c1. The van der Waals surface area contributed by atoms with Crippen molar-refractivity contribution in [2.45, 2.75) is 12.8 Å². The lowest BCUT2D eigenvalue weighted by Gasteiger charge is -2.10. The van der Waals surface area contributed by atoms with Crippen molar-refractivity contribution in [1.29, 1.82) is 0 Å². The monoisotopic (exact) mass is 316 g/mol. The van der Waals surface area contributed by atoms with Gasteiger partial charge in [-0.3, -0.25) is 9.59 Å². The van der Waals surface area contributed by atoms with E-state index in [-0.39, 0.29) is 5.78 Å². The molecule has 0 aliphatic carbocycles. The van der Waals surface area contributed by atoms with Crippen molar-refractivity contribution < 1.29 is 14.7 Å². The Morgan fingerprint density at radius 2 is 2.00 bits per heavy atom. The molecule has 3 rings (SSSR count). The van der Waals surface area contributed by atoms with Crippen LogP contribution in [0.5, 0.6) is 0 Å². The van der Waals surface area contributed by atoms with Gasteiger partial charge in [-0.25, -0.2) is 0 Å². The molecule has 3 aromatic rings. The molecular formula is C16H12O3S2. The van der Waals surface area contributed by atoms with Gasteiger partial charge in [0.25, 0.3) is 0 Å². The normalized spacial score (nSPS) is 12.4. The molecule has 21 heavy (non-hydrogen) atoms. The Hall–Kier alpha value is -1.98. The van der Waals surface area contributed by atoms with E-state index in [1.807, 2.05) is 28.3 Å². The second kappa shape index (κ2) is 5.42. The van der Waals surface area contributed by atoms with Crippen LogP contribution in [-0.4, -0.2) is 16.9 Å². The maximum atomic E-state index is 12.6. The second-order valence-corrected chi connectivity index (χ2v) is 6.50. The molecule has 0 radical (unpaired) electrons. The Morgan fingerprint density at radius 1 is 1.19 bits per heavy atom. The molecule has 3 nitrogen and oxygen atoms in total. The first-order valence-electron chi connectivity index (χ1n) is 6.39. The molecule has 2 aromatic heterocycles. The lowest BCUT2D eigenvalue weighted by molar-refractivity contribution is -0.138. The van der Waals surface area contributed by atoms with E-state index in [1.165, 1.54) is 22.7 Å². The minimum atomic E-state index is -0.890. The van der Waals surface area contributed by atoms with E-state index in [0.717, 1.165) is 10.1 Å². The van der Waals surface area contributed by atoms with Crippen LogP contribution in [0.15, 0.2) is 40.4 Å². The maximum absolute atomic E-state index is 12.6. The molecule has 1 atom stereocenters. The summed E-state index contributed by atoms with van der Waals surface area (Å²) < 4.78 is 0.910. The molecule has 2 heterocycles. The Morgan fingerprint density at radius 3 is 2.67 bits per heavy atom. The van der Waals surface area contributed by atoms with Gasteiger partial charge in [0.1, 0.15) is 0 Å². The van der Waals surface area contributed by atoms with Gasteiger partial charge in [-0.05, 0) is 52.9 Å². The summed E-state index contributed by atoms with van der Waals surface area (Å²) in [5.74, 6) is -1.58. The number of rotatable bonds is 4. The van der Waals surface area contributed by atoms with Crippen LogP contribution in [0, 0.1) is 0 Å². The van der Waals surface area contributed by atoms with Crippen LogP contribution in [0.1, 0.15) is 34.3 Å². The highest BCUT2D eigenvalue weighted by Crippen LogP contribution is 2.31. The Balaban J connectivity index is 2.18. The predicted octanol–water partition coefficient (Wildman–Crippen LogP) is 4.38. The maximum Gasteiger partial charge on any atom is 0.310 e. The fraction of sp³-hybridized carbons (Fsp3) is 0.125. The molecule has 0 aliphatic rings. The van der Waals surface area contributed by atoms with Gasteiger partial charge in [-0.1, -0.05) is 0 Å². The first kappa shape index (κ1) is 14.0. The molecule has 0 amide bonds. The molecule has 0 bridgehead atoms. The van der Waals surface area contributed by atoms with Gasteiger partial charge in [0.15, 0.2) is 5.78 Å². The van der Waals surface area contributed by atoms with Crippen molar-refractivity contribution in [3.63, 3.8) is 0 Å². The van der Waals surface area contributed by atoms with E-state index in [2.05, 4.69) is 0 Å². The van der Waals surface area contributed by atoms with Gasteiger partial charge in [-0.15, -0.1) is 11.3 Å². The largest absolute Gasteiger partial charge is 0.481 e. The third-order valence-corrected chi connectivity index (χ3v) is 5.12. The quantitative estimate of drug-likeness (QED) is 0.727. The predicted molar refractivity (Wildman–Crippen MR) is 85.6 cm³/mol. The van der Waals surface area contributed by atoms with Gasteiger partial charge in [-0.2, -0.15) is 11.3 Å². The Labute approximate surface area is 129 Å². The van der Waals surface area contributed by atoms with Crippen molar-refractivity contribution in [1.82, 2.24) is 0 Å². The van der Waals surface area contributed by atoms with E-state index in [1.54, 1.807) is 19.1 Å². The van der Waals surface area contributed by atoms with Crippen LogP contribution in [-0.2, 0) is 4.79 Å². The standard InChI is InChI=1S/C16H12O3S2/c1-9(16(18)19)12-6-10-3-5-21-15(10)13(7-12)14(17)11-2-4-20-8-11/h2-9H,1H3,(H,18,19). The minimum Gasteiger partial charge on any atom is -0.481 e. The highest BCUT2D eigenvalue weighted by molar-refractivity contribution is 7.17. The highest BCUT2D eigenvalue weighted by atomic mass is 32.1. The summed E-state index contributed by atoms with van der Waals surface area (Å²) in [5.41, 5.74) is 1.89. The molecule has 1 aromatic carbocycles. The number of carbonyl (C=O) groups is 2. The lowest BCUT2D eigenvalue weighted by atomic mass is 9.95. The van der Waals surface area contributed by atoms with E-state index in [0.29, 0.717) is 16.7 Å². The van der Waals surface area contributed by atoms with E-state index < -0.39 is 11.9 Å². The molecule has 0 fully saturated rings. The molecular weight excluding hydrogens is 304 g/mol. The number of hydrogen-bond donors (Lipinski definition) is 1. The van der Waals surface area contributed by atoms with Crippen molar-refractivity contribution in [2.75, 3.05) is 0 Å². The summed E-state index contributed by atoms with van der Waals surface area (Å²) in [4.78, 5) is 23.8. The minimum absolute atomic E-state index is 0.0526. The number of carboxylic acid groups (broad SMARTS) is 1. The third-order valence-electron chi connectivity index (χ3n) is 3.47. The summed E-state index contributed by atoms with van der Waals surface area (Å²) >= 11 is 2.98. The summed E-state index contributed by atoms with van der Waals surface area (Å²) in [6, 6.07) is 7.29. The van der Waals surface area contributed by atoms with Gasteiger partial charge < -0.3 is 5.11 Å². The second-order valence-electron chi connectivity index (χ2n) is 4.81. The van der Waals surface area contributed by atoms with Crippen LogP contribution >= 0.6 is 22.7 Å². The number of carboxylic acids is 1. The summed E-state index contributed by atoms with van der Waals surface area (Å²) in [5, 5.41) is 15.7. The van der Waals surface area contributed by atoms with Crippen LogP contribution in [0.2, 0.25) is 0 Å². The van der Waals surface area contributed by atoms with E-state index in [9.17, 15) is 14.7 Å². The van der Waals surface area contributed by atoms with Crippen molar-refractivity contribution >= 4 is 44.5 Å². The van der Waals surface area contributed by atoms with Crippen LogP contribution < -0.4 is 0 Å². The van der Waals surface area contributed by atoms with E-state index in [4.69, 9.17) is 0 Å². The molecule has 0 saturated carbocycles. The molecule has 1 N–H and O–H groups in total. The summed E-state index contributed by atoms with van der Waals surface area (Å²) in [7, 11) is 0. The summed E-state index contributed by atoms with van der Waals surface area (Å²) in [6.45, 7) is 1.63. The number of carbonyl (C=O) groups excluding carboxylic acids is 1. The van der Waals surface area contributed by atoms with Gasteiger partial charge in [0.2, 0.25) is 0 Å². The molecule has 0 spiro atoms. The first-order chi connectivity index (χ1) is 10.1. The van der Waals surface area contributed by atoms with E-state index >= 15 is 0 Å². The zero-order valence-electron chi connectivity index (χ0n) is 11.2. The zero-order valence-corrected chi connectivity index (χ0v) is 12.8. The molecule has 1 unspecified atom stereocenters. The smallest absolute Gasteiger partial charge is 0.310 e. The molecule has 0 saturated heterocycles. The number of aliphatic carboxylic acids is 1. The third kappa shape index (κ3) is 2.50. The number of ketones is 1. The molecule has 5 heteroatoms.